The highest BCUT2D eigenvalue weighted by Crippen LogP contribution is 2.31. The van der Waals surface area contributed by atoms with Crippen molar-refractivity contribution in [3.8, 4) is 10.6 Å². The topological polar surface area (TPSA) is 68.0 Å². The van der Waals surface area contributed by atoms with Crippen LogP contribution in [-0.2, 0) is 0 Å². The van der Waals surface area contributed by atoms with Crippen LogP contribution in [0.5, 0.6) is 0 Å². The molecule has 1 aromatic carbocycles. The maximum atomic E-state index is 13.7. The third kappa shape index (κ3) is 4.04. The van der Waals surface area contributed by atoms with Crippen LogP contribution in [0.1, 0.15) is 23.3 Å². The van der Waals surface area contributed by atoms with Crippen molar-refractivity contribution in [2.24, 2.45) is 11.7 Å². The lowest BCUT2D eigenvalue weighted by Crippen LogP contribution is -2.38. The highest BCUT2D eigenvalue weighted by atomic mass is 35.5. The van der Waals surface area contributed by atoms with Crippen molar-refractivity contribution in [2.45, 2.75) is 18.9 Å². The van der Waals surface area contributed by atoms with Crippen molar-refractivity contribution in [3.63, 3.8) is 0 Å². The molecule has 0 radical (unpaired) electrons. The number of rotatable bonds is 5. The summed E-state index contributed by atoms with van der Waals surface area (Å²) in [6.07, 6.45) is 2.20. The van der Waals surface area contributed by atoms with Gasteiger partial charge in [0.1, 0.15) is 22.3 Å². The van der Waals surface area contributed by atoms with E-state index in [-0.39, 0.29) is 40.6 Å². The van der Waals surface area contributed by atoms with Gasteiger partial charge in [-0.3, -0.25) is 4.79 Å². The molecule has 3 N–H and O–H groups in total. The third-order valence-electron chi connectivity index (χ3n) is 3.64. The van der Waals surface area contributed by atoms with Gasteiger partial charge in [-0.25, -0.2) is 13.8 Å². The summed E-state index contributed by atoms with van der Waals surface area (Å²) in [6.45, 7) is 0.379. The van der Waals surface area contributed by atoms with E-state index in [9.17, 15) is 13.6 Å². The molecule has 1 unspecified atom stereocenters. The Kier molecular flexibility index (Phi) is 5.67. The summed E-state index contributed by atoms with van der Waals surface area (Å²) in [7, 11) is 0. The largest absolute Gasteiger partial charge is 0.349 e. The average molecular weight is 360 g/mol. The van der Waals surface area contributed by atoms with E-state index in [4.69, 9.17) is 5.73 Å². The molecule has 23 heavy (non-hydrogen) atoms. The second-order valence-corrected chi connectivity index (χ2v) is 6.20. The van der Waals surface area contributed by atoms with E-state index in [1.54, 1.807) is 0 Å². The van der Waals surface area contributed by atoms with Crippen LogP contribution in [0, 0.1) is 17.6 Å². The predicted molar refractivity (Wildman–Crippen MR) is 87.7 cm³/mol. The monoisotopic (exact) mass is 359 g/mol. The SMILES string of the molecule is Cl.NC(CNC(=O)c1csc(-c2c(F)cccc2F)n1)C1CC1. The molecule has 0 saturated heterocycles. The number of nitrogens with zero attached hydrogens (tertiary/aromatic N) is 1. The second kappa shape index (κ2) is 7.33. The van der Waals surface area contributed by atoms with Gasteiger partial charge in [-0.2, -0.15) is 0 Å². The number of hydrogen-bond acceptors (Lipinski definition) is 4. The summed E-state index contributed by atoms with van der Waals surface area (Å²) in [5.74, 6) is -1.29. The molecule has 0 spiro atoms. The Morgan fingerprint density at radius 3 is 2.65 bits per heavy atom. The van der Waals surface area contributed by atoms with E-state index in [1.165, 1.54) is 11.4 Å². The lowest BCUT2D eigenvalue weighted by molar-refractivity contribution is 0.0946. The number of nitrogens with one attached hydrogen (secondary N) is 1. The molecule has 1 atom stereocenters. The number of aromatic nitrogens is 1. The Balaban J connectivity index is 0.00000192. The first-order valence-corrected chi connectivity index (χ1v) is 7.88. The van der Waals surface area contributed by atoms with Crippen molar-refractivity contribution in [1.82, 2.24) is 10.3 Å². The summed E-state index contributed by atoms with van der Waals surface area (Å²) in [6, 6.07) is 3.56. The van der Waals surface area contributed by atoms with Gasteiger partial charge in [0.05, 0.1) is 5.56 Å². The minimum atomic E-state index is -0.697. The van der Waals surface area contributed by atoms with Gasteiger partial charge in [0.2, 0.25) is 0 Å². The standard InChI is InChI=1S/C15H15F2N3OS.ClH/c16-9-2-1-3-10(17)13(9)15-20-12(7-22-15)14(21)19-6-11(18)8-4-5-8;/h1-3,7-8,11H,4-6,18H2,(H,19,21);1H. The van der Waals surface area contributed by atoms with E-state index in [2.05, 4.69) is 10.3 Å². The fraction of sp³-hybridized carbons (Fsp3) is 0.333. The average Bonchev–Trinajstić information content (AvgIpc) is 3.23. The maximum absolute atomic E-state index is 13.7. The molecule has 2 aromatic rings. The van der Waals surface area contributed by atoms with Gasteiger partial charge >= 0.3 is 0 Å². The van der Waals surface area contributed by atoms with Gasteiger partial charge in [-0.15, -0.1) is 23.7 Å². The van der Waals surface area contributed by atoms with Gasteiger partial charge in [0, 0.05) is 18.0 Å². The number of benzene rings is 1. The fourth-order valence-corrected chi connectivity index (χ4v) is 3.03. The summed E-state index contributed by atoms with van der Waals surface area (Å²) >= 11 is 1.03. The molecule has 1 fully saturated rings. The second-order valence-electron chi connectivity index (χ2n) is 5.35. The molecular formula is C15H16ClF2N3OS. The Labute approximate surface area is 142 Å². The smallest absolute Gasteiger partial charge is 0.270 e. The molecule has 0 bridgehead atoms. The Morgan fingerprint density at radius 2 is 2.04 bits per heavy atom. The first-order chi connectivity index (χ1) is 10.6. The Hall–Kier alpha value is -1.57. The quantitative estimate of drug-likeness (QED) is 0.862. The summed E-state index contributed by atoms with van der Waals surface area (Å²) in [5.41, 5.74) is 5.85. The summed E-state index contributed by atoms with van der Waals surface area (Å²) in [4.78, 5) is 16.0. The van der Waals surface area contributed by atoms with Crippen molar-refractivity contribution >= 4 is 29.7 Å². The Morgan fingerprint density at radius 1 is 1.39 bits per heavy atom. The fourth-order valence-electron chi connectivity index (χ4n) is 2.19. The first-order valence-electron chi connectivity index (χ1n) is 7.00. The molecule has 1 heterocycles. The lowest BCUT2D eigenvalue weighted by atomic mass is 10.2. The zero-order chi connectivity index (χ0) is 15.7. The molecule has 1 aromatic heterocycles. The van der Waals surface area contributed by atoms with Crippen molar-refractivity contribution in [2.75, 3.05) is 6.54 Å². The van der Waals surface area contributed by atoms with Crippen LogP contribution in [0.3, 0.4) is 0 Å². The number of amides is 1. The normalized spacial score (nSPS) is 14.9. The van der Waals surface area contributed by atoms with Gasteiger partial charge in [-0.1, -0.05) is 6.07 Å². The van der Waals surface area contributed by atoms with Crippen molar-refractivity contribution < 1.29 is 13.6 Å². The highest BCUT2D eigenvalue weighted by molar-refractivity contribution is 7.13. The lowest BCUT2D eigenvalue weighted by Gasteiger charge is -2.10. The number of hydrogen-bond donors (Lipinski definition) is 2. The molecule has 4 nitrogen and oxygen atoms in total. The highest BCUT2D eigenvalue weighted by Gasteiger charge is 2.28. The van der Waals surface area contributed by atoms with Crippen molar-refractivity contribution in [3.05, 3.63) is 40.9 Å². The zero-order valence-electron chi connectivity index (χ0n) is 12.1. The minimum Gasteiger partial charge on any atom is -0.349 e. The minimum absolute atomic E-state index is 0. The number of carbonyl (C=O) groups is 1. The molecule has 1 saturated carbocycles. The van der Waals surface area contributed by atoms with Crippen LogP contribution in [0.4, 0.5) is 8.78 Å². The predicted octanol–water partition coefficient (Wildman–Crippen LogP) is 2.98. The molecule has 1 aliphatic carbocycles. The number of nitrogens with two attached hydrogens (primary N) is 1. The van der Waals surface area contributed by atoms with E-state index < -0.39 is 11.6 Å². The third-order valence-corrected chi connectivity index (χ3v) is 4.50. The number of carbonyl (C=O) groups excluding carboxylic acids is 1. The van der Waals surface area contributed by atoms with Gasteiger partial charge < -0.3 is 11.1 Å². The van der Waals surface area contributed by atoms with E-state index in [1.807, 2.05) is 0 Å². The first kappa shape index (κ1) is 17.8. The maximum Gasteiger partial charge on any atom is 0.270 e. The summed E-state index contributed by atoms with van der Waals surface area (Å²) < 4.78 is 27.4. The van der Waals surface area contributed by atoms with Crippen LogP contribution < -0.4 is 11.1 Å². The Bertz CT molecular complexity index is 686. The molecular weight excluding hydrogens is 344 g/mol. The van der Waals surface area contributed by atoms with Crippen molar-refractivity contribution in [1.29, 1.82) is 0 Å². The van der Waals surface area contributed by atoms with E-state index in [0.717, 1.165) is 36.3 Å². The molecule has 3 rings (SSSR count). The van der Waals surface area contributed by atoms with E-state index >= 15 is 0 Å². The number of halogens is 3. The van der Waals surface area contributed by atoms with Crippen LogP contribution >= 0.6 is 23.7 Å². The van der Waals surface area contributed by atoms with Crippen LogP contribution in [0.2, 0.25) is 0 Å². The molecule has 0 aliphatic heterocycles. The van der Waals surface area contributed by atoms with Crippen LogP contribution in [-0.4, -0.2) is 23.5 Å². The van der Waals surface area contributed by atoms with Crippen LogP contribution in [0.15, 0.2) is 23.6 Å². The zero-order valence-corrected chi connectivity index (χ0v) is 13.7. The molecule has 1 aliphatic rings. The van der Waals surface area contributed by atoms with Crippen LogP contribution in [0.25, 0.3) is 10.6 Å². The van der Waals surface area contributed by atoms with Gasteiger partial charge in [0.25, 0.3) is 5.91 Å². The number of thiazole rings is 1. The molecule has 1 amide bonds. The van der Waals surface area contributed by atoms with Gasteiger partial charge in [0.15, 0.2) is 0 Å². The summed E-state index contributed by atoms with van der Waals surface area (Å²) in [5, 5.41) is 4.34. The van der Waals surface area contributed by atoms with Gasteiger partial charge in [-0.05, 0) is 30.9 Å². The van der Waals surface area contributed by atoms with E-state index in [0.29, 0.717) is 12.5 Å². The molecule has 124 valence electrons. The molecule has 8 heteroatoms.